The van der Waals surface area contributed by atoms with Gasteiger partial charge in [-0.25, -0.2) is 0 Å². The molecule has 1 atom stereocenters. The summed E-state index contributed by atoms with van der Waals surface area (Å²) in [6.07, 6.45) is 0. The number of nitrogens with two attached hydrogens (primary N) is 1. The van der Waals surface area contributed by atoms with Crippen LogP contribution >= 0.6 is 11.8 Å². The summed E-state index contributed by atoms with van der Waals surface area (Å²) in [5.41, 5.74) is 7.01. The van der Waals surface area contributed by atoms with Gasteiger partial charge in [0, 0.05) is 12.0 Å². The normalized spacial score (nSPS) is 12.5. The Morgan fingerprint density at radius 2 is 2.12 bits per heavy atom. The maximum atomic E-state index is 5.97. The molecule has 1 rings (SSSR count). The van der Waals surface area contributed by atoms with E-state index in [2.05, 4.69) is 13.0 Å². The molecule has 0 aliphatic heterocycles. The Balaban J connectivity index is 2.89. The lowest BCUT2D eigenvalue weighted by molar-refractivity contribution is 0.181. The highest BCUT2D eigenvalue weighted by molar-refractivity contribution is 7.99. The first-order valence-corrected chi connectivity index (χ1v) is 6.26. The summed E-state index contributed by atoms with van der Waals surface area (Å²) >= 11 is 1.76. The quantitative estimate of drug-likeness (QED) is 0.777. The second-order valence-electron chi connectivity index (χ2n) is 3.41. The van der Waals surface area contributed by atoms with Crippen molar-refractivity contribution < 1.29 is 9.47 Å². The summed E-state index contributed by atoms with van der Waals surface area (Å²) in [6.45, 7) is 2.64. The first kappa shape index (κ1) is 13.4. The highest BCUT2D eigenvalue weighted by atomic mass is 32.2. The molecule has 1 unspecified atom stereocenters. The average molecular weight is 241 g/mol. The molecule has 0 saturated heterocycles. The van der Waals surface area contributed by atoms with Crippen molar-refractivity contribution in [3.05, 3.63) is 23.8 Å². The van der Waals surface area contributed by atoms with Crippen molar-refractivity contribution >= 4 is 11.8 Å². The molecule has 4 heteroatoms. The maximum Gasteiger partial charge on any atom is 0.132 e. The predicted molar refractivity (Wildman–Crippen MR) is 68.2 cm³/mol. The van der Waals surface area contributed by atoms with E-state index in [1.165, 1.54) is 0 Å². The molecule has 0 fully saturated rings. The number of rotatable bonds is 6. The van der Waals surface area contributed by atoms with E-state index in [0.717, 1.165) is 22.0 Å². The van der Waals surface area contributed by atoms with Crippen LogP contribution in [-0.2, 0) is 4.74 Å². The number of thioether (sulfide) groups is 1. The fourth-order valence-corrected chi connectivity index (χ4v) is 2.23. The zero-order valence-corrected chi connectivity index (χ0v) is 10.8. The van der Waals surface area contributed by atoms with Gasteiger partial charge in [-0.2, -0.15) is 0 Å². The van der Waals surface area contributed by atoms with E-state index in [0.29, 0.717) is 6.61 Å². The van der Waals surface area contributed by atoms with Gasteiger partial charge in [0.15, 0.2) is 0 Å². The highest BCUT2D eigenvalue weighted by Gasteiger charge is 2.09. The molecule has 3 nitrogen and oxygen atoms in total. The minimum atomic E-state index is -0.0976. The van der Waals surface area contributed by atoms with Gasteiger partial charge in [-0.15, -0.1) is 11.8 Å². The Labute approximate surface area is 101 Å². The van der Waals surface area contributed by atoms with Gasteiger partial charge in [0.2, 0.25) is 0 Å². The van der Waals surface area contributed by atoms with E-state index < -0.39 is 0 Å². The van der Waals surface area contributed by atoms with Gasteiger partial charge in [0.05, 0.1) is 19.8 Å². The summed E-state index contributed by atoms with van der Waals surface area (Å²) in [7, 11) is 3.33. The van der Waals surface area contributed by atoms with Gasteiger partial charge in [0.25, 0.3) is 0 Å². The number of ether oxygens (including phenoxy) is 2. The molecule has 0 bridgehead atoms. The molecule has 0 aromatic heterocycles. The molecule has 0 spiro atoms. The van der Waals surface area contributed by atoms with E-state index >= 15 is 0 Å². The largest absolute Gasteiger partial charge is 0.496 e. The number of hydrogen-bond donors (Lipinski definition) is 1. The molecule has 1 aromatic rings. The molecule has 0 aliphatic carbocycles. The Kier molecular flexibility index (Phi) is 5.66. The number of benzene rings is 1. The second-order valence-corrected chi connectivity index (χ2v) is 4.71. The first-order valence-electron chi connectivity index (χ1n) is 5.28. The van der Waals surface area contributed by atoms with Crippen molar-refractivity contribution in [2.45, 2.75) is 17.9 Å². The fraction of sp³-hybridized carbons (Fsp3) is 0.500. The maximum absolute atomic E-state index is 5.97. The van der Waals surface area contributed by atoms with E-state index in [9.17, 15) is 0 Å². The van der Waals surface area contributed by atoms with Crippen molar-refractivity contribution in [1.29, 1.82) is 0 Å². The lowest BCUT2D eigenvalue weighted by atomic mass is 10.1. The Morgan fingerprint density at radius 1 is 1.38 bits per heavy atom. The van der Waals surface area contributed by atoms with Crippen molar-refractivity contribution in [2.24, 2.45) is 5.73 Å². The molecule has 1 aromatic carbocycles. The minimum absolute atomic E-state index is 0.0976. The molecule has 0 saturated carbocycles. The summed E-state index contributed by atoms with van der Waals surface area (Å²) in [5.74, 6) is 1.91. The molecular weight excluding hydrogens is 222 g/mol. The van der Waals surface area contributed by atoms with Crippen LogP contribution in [-0.4, -0.2) is 26.6 Å². The third kappa shape index (κ3) is 3.40. The molecular formula is C12H19NO2S. The van der Waals surface area contributed by atoms with Crippen LogP contribution in [0.5, 0.6) is 5.75 Å². The van der Waals surface area contributed by atoms with Crippen LogP contribution in [0, 0.1) is 0 Å². The monoisotopic (exact) mass is 241 g/mol. The van der Waals surface area contributed by atoms with Crippen LogP contribution < -0.4 is 10.5 Å². The van der Waals surface area contributed by atoms with Gasteiger partial charge >= 0.3 is 0 Å². The van der Waals surface area contributed by atoms with E-state index in [1.807, 2.05) is 12.1 Å². The summed E-state index contributed by atoms with van der Waals surface area (Å²) in [5, 5.41) is 0. The number of hydrogen-bond acceptors (Lipinski definition) is 4. The van der Waals surface area contributed by atoms with E-state index in [-0.39, 0.29) is 6.04 Å². The molecule has 0 amide bonds. The van der Waals surface area contributed by atoms with Crippen LogP contribution in [0.3, 0.4) is 0 Å². The van der Waals surface area contributed by atoms with Gasteiger partial charge in [0.1, 0.15) is 5.75 Å². The summed E-state index contributed by atoms with van der Waals surface area (Å²) in [4.78, 5) is 1.15. The van der Waals surface area contributed by atoms with E-state index in [1.54, 1.807) is 26.0 Å². The van der Waals surface area contributed by atoms with Gasteiger partial charge < -0.3 is 15.2 Å². The summed E-state index contributed by atoms with van der Waals surface area (Å²) in [6, 6.07) is 5.98. The average Bonchev–Trinajstić information content (AvgIpc) is 2.30. The molecule has 2 N–H and O–H groups in total. The Morgan fingerprint density at radius 3 is 2.69 bits per heavy atom. The van der Waals surface area contributed by atoms with Gasteiger partial charge in [-0.1, -0.05) is 13.0 Å². The highest BCUT2D eigenvalue weighted by Crippen LogP contribution is 2.31. The second kappa shape index (κ2) is 6.78. The van der Waals surface area contributed by atoms with Crippen molar-refractivity contribution in [2.75, 3.05) is 26.6 Å². The van der Waals surface area contributed by atoms with Crippen molar-refractivity contribution in [3.8, 4) is 5.75 Å². The molecule has 0 heterocycles. The lowest BCUT2D eigenvalue weighted by Gasteiger charge is -2.14. The Bertz CT molecular complexity index is 331. The van der Waals surface area contributed by atoms with Crippen LogP contribution in [0.15, 0.2) is 23.1 Å². The Hall–Kier alpha value is -0.710. The lowest BCUT2D eigenvalue weighted by Crippen LogP contribution is -2.16. The molecule has 16 heavy (non-hydrogen) atoms. The standard InChI is InChI=1S/C12H19NO2S/c1-4-16-12-6-5-9(7-11(12)15-3)10(13)8-14-2/h5-7,10H,4,8,13H2,1-3H3. The smallest absolute Gasteiger partial charge is 0.132 e. The van der Waals surface area contributed by atoms with Gasteiger partial charge in [-0.3, -0.25) is 0 Å². The third-order valence-electron chi connectivity index (χ3n) is 2.26. The van der Waals surface area contributed by atoms with Crippen molar-refractivity contribution in [1.82, 2.24) is 0 Å². The SMILES string of the molecule is CCSc1ccc(C(N)COC)cc1OC. The van der Waals surface area contributed by atoms with Crippen LogP contribution in [0.25, 0.3) is 0 Å². The van der Waals surface area contributed by atoms with Crippen molar-refractivity contribution in [3.63, 3.8) is 0 Å². The molecule has 90 valence electrons. The fourth-order valence-electron chi connectivity index (χ4n) is 1.47. The zero-order valence-electron chi connectivity index (χ0n) is 10.0. The van der Waals surface area contributed by atoms with Crippen LogP contribution in [0.1, 0.15) is 18.5 Å². The third-order valence-corrected chi connectivity index (χ3v) is 3.20. The number of methoxy groups -OCH3 is 2. The predicted octanol–water partition coefficient (Wildman–Crippen LogP) is 2.45. The van der Waals surface area contributed by atoms with Crippen LogP contribution in [0.4, 0.5) is 0 Å². The van der Waals surface area contributed by atoms with E-state index in [4.69, 9.17) is 15.2 Å². The molecule has 0 aliphatic rings. The first-order chi connectivity index (χ1) is 7.72. The topological polar surface area (TPSA) is 44.5 Å². The minimum Gasteiger partial charge on any atom is -0.496 e. The molecule has 0 radical (unpaired) electrons. The van der Waals surface area contributed by atoms with Crippen LogP contribution in [0.2, 0.25) is 0 Å². The van der Waals surface area contributed by atoms with Gasteiger partial charge in [-0.05, 0) is 23.4 Å². The zero-order chi connectivity index (χ0) is 12.0. The summed E-state index contributed by atoms with van der Waals surface area (Å²) < 4.78 is 10.4.